The molecule has 0 saturated carbocycles. The summed E-state index contributed by atoms with van der Waals surface area (Å²) < 4.78 is 10.4. The minimum Gasteiger partial charge on any atom is -0.493 e. The monoisotopic (exact) mass is 275 g/mol. The van der Waals surface area contributed by atoms with Crippen molar-refractivity contribution in [2.45, 2.75) is 25.8 Å². The second kappa shape index (κ2) is 6.98. The summed E-state index contributed by atoms with van der Waals surface area (Å²) in [6.45, 7) is 0.510. The minimum atomic E-state index is 0.0938. The molecule has 1 atom stereocenters. The molecule has 108 valence electrons. The van der Waals surface area contributed by atoms with Crippen LogP contribution in [0.1, 0.15) is 24.8 Å². The van der Waals surface area contributed by atoms with E-state index in [9.17, 15) is 4.79 Å². The number of methoxy groups -OCH3 is 2. The molecule has 0 fully saturated rings. The van der Waals surface area contributed by atoms with Crippen molar-refractivity contribution in [3.63, 3.8) is 0 Å². The maximum atomic E-state index is 11.8. The highest BCUT2D eigenvalue weighted by Gasteiger charge is 2.13. The third-order valence-electron chi connectivity index (χ3n) is 3.50. The topological polar surface area (TPSA) is 47.6 Å². The molecule has 0 bridgehead atoms. The first-order valence-electron chi connectivity index (χ1n) is 6.87. The van der Waals surface area contributed by atoms with Crippen molar-refractivity contribution in [2.24, 2.45) is 5.92 Å². The Morgan fingerprint density at radius 3 is 2.75 bits per heavy atom. The molecule has 4 heteroatoms. The molecule has 1 aromatic rings. The third-order valence-corrected chi connectivity index (χ3v) is 3.50. The fourth-order valence-electron chi connectivity index (χ4n) is 2.37. The summed E-state index contributed by atoms with van der Waals surface area (Å²) in [6, 6.07) is 5.66. The molecule has 0 saturated heterocycles. The summed E-state index contributed by atoms with van der Waals surface area (Å²) in [4.78, 5) is 11.8. The van der Waals surface area contributed by atoms with Gasteiger partial charge >= 0.3 is 0 Å². The van der Waals surface area contributed by atoms with E-state index in [1.807, 2.05) is 18.2 Å². The van der Waals surface area contributed by atoms with Gasteiger partial charge in [-0.05, 0) is 36.5 Å². The van der Waals surface area contributed by atoms with Crippen molar-refractivity contribution in [1.29, 1.82) is 0 Å². The minimum absolute atomic E-state index is 0.0938. The molecular formula is C16H21NO3. The maximum absolute atomic E-state index is 11.8. The molecule has 1 amide bonds. The average molecular weight is 275 g/mol. The third kappa shape index (κ3) is 3.76. The first kappa shape index (κ1) is 14.4. The lowest BCUT2D eigenvalue weighted by molar-refractivity contribution is -0.121. The second-order valence-electron chi connectivity index (χ2n) is 4.94. The van der Waals surface area contributed by atoms with Crippen LogP contribution in [0.5, 0.6) is 11.5 Å². The summed E-state index contributed by atoms with van der Waals surface area (Å²) in [5.41, 5.74) is 0.998. The summed E-state index contributed by atoms with van der Waals surface area (Å²) in [5, 5.41) is 2.95. The van der Waals surface area contributed by atoms with Crippen LogP contribution in [0.25, 0.3) is 0 Å². The highest BCUT2D eigenvalue weighted by molar-refractivity contribution is 5.76. The molecule has 2 rings (SSSR count). The number of amides is 1. The van der Waals surface area contributed by atoms with Gasteiger partial charge in [0.25, 0.3) is 0 Å². The molecule has 0 heterocycles. The Bertz CT molecular complexity index is 496. The van der Waals surface area contributed by atoms with E-state index in [0.29, 0.717) is 30.4 Å². The van der Waals surface area contributed by atoms with Gasteiger partial charge in [0.05, 0.1) is 14.2 Å². The predicted octanol–water partition coefficient (Wildman–Crippen LogP) is 2.68. The van der Waals surface area contributed by atoms with E-state index in [1.165, 1.54) is 0 Å². The van der Waals surface area contributed by atoms with Gasteiger partial charge in [-0.15, -0.1) is 0 Å². The zero-order valence-electron chi connectivity index (χ0n) is 12.0. The number of ether oxygens (including phenoxy) is 2. The molecule has 1 aliphatic rings. The van der Waals surface area contributed by atoms with Gasteiger partial charge in [-0.2, -0.15) is 0 Å². The fraction of sp³-hybridized carbons (Fsp3) is 0.438. The summed E-state index contributed by atoms with van der Waals surface area (Å²) in [5.74, 6) is 1.87. The average Bonchev–Trinajstić information content (AvgIpc) is 2.97. The van der Waals surface area contributed by atoms with E-state index in [1.54, 1.807) is 14.2 Å². The number of hydrogen-bond acceptors (Lipinski definition) is 3. The van der Waals surface area contributed by atoms with Crippen LogP contribution >= 0.6 is 0 Å². The first-order chi connectivity index (χ1) is 9.72. The fourth-order valence-corrected chi connectivity index (χ4v) is 2.37. The van der Waals surface area contributed by atoms with Crippen LogP contribution in [0.4, 0.5) is 0 Å². The Kier molecular flexibility index (Phi) is 5.04. The van der Waals surface area contributed by atoms with Gasteiger partial charge in [-0.25, -0.2) is 0 Å². The summed E-state index contributed by atoms with van der Waals surface area (Å²) in [7, 11) is 3.21. The van der Waals surface area contributed by atoms with Crippen LogP contribution in [0.2, 0.25) is 0 Å². The standard InChI is InChI=1S/C16H21NO3/c1-19-14-8-7-13(9-15(14)20-2)11-17-16(18)10-12-5-3-4-6-12/h3,5,7-9,12H,4,6,10-11H2,1-2H3,(H,17,18). The van der Waals surface area contributed by atoms with Gasteiger partial charge < -0.3 is 14.8 Å². The Labute approximate surface area is 119 Å². The molecule has 0 spiro atoms. The van der Waals surface area contributed by atoms with Crippen LogP contribution in [-0.2, 0) is 11.3 Å². The highest BCUT2D eigenvalue weighted by atomic mass is 16.5. The Balaban J connectivity index is 1.86. The number of carbonyl (C=O) groups is 1. The van der Waals surface area contributed by atoms with Gasteiger partial charge in [0.15, 0.2) is 11.5 Å². The number of carbonyl (C=O) groups excluding carboxylic acids is 1. The number of hydrogen-bond donors (Lipinski definition) is 1. The van der Waals surface area contributed by atoms with Gasteiger partial charge in [-0.3, -0.25) is 4.79 Å². The van der Waals surface area contributed by atoms with Crippen molar-refractivity contribution < 1.29 is 14.3 Å². The zero-order valence-corrected chi connectivity index (χ0v) is 12.0. The zero-order chi connectivity index (χ0) is 14.4. The van der Waals surface area contributed by atoms with Crippen LogP contribution in [0.15, 0.2) is 30.4 Å². The van der Waals surface area contributed by atoms with Crippen molar-refractivity contribution in [1.82, 2.24) is 5.32 Å². The maximum Gasteiger partial charge on any atom is 0.220 e. The first-order valence-corrected chi connectivity index (χ1v) is 6.87. The number of rotatable bonds is 6. The largest absolute Gasteiger partial charge is 0.493 e. The molecule has 20 heavy (non-hydrogen) atoms. The van der Waals surface area contributed by atoms with Crippen LogP contribution in [0, 0.1) is 5.92 Å². The molecule has 4 nitrogen and oxygen atoms in total. The van der Waals surface area contributed by atoms with Crippen LogP contribution < -0.4 is 14.8 Å². The molecule has 0 aliphatic heterocycles. The normalized spacial score (nSPS) is 17.0. The van der Waals surface area contributed by atoms with E-state index >= 15 is 0 Å². The van der Waals surface area contributed by atoms with Gasteiger partial charge in [-0.1, -0.05) is 18.2 Å². The van der Waals surface area contributed by atoms with Crippen molar-refractivity contribution in [3.05, 3.63) is 35.9 Å². The lowest BCUT2D eigenvalue weighted by Crippen LogP contribution is -2.24. The Hall–Kier alpha value is -1.97. The van der Waals surface area contributed by atoms with Crippen LogP contribution in [-0.4, -0.2) is 20.1 Å². The van der Waals surface area contributed by atoms with Gasteiger partial charge in [0.2, 0.25) is 5.91 Å². The van der Waals surface area contributed by atoms with E-state index in [-0.39, 0.29) is 5.91 Å². The molecule has 1 N–H and O–H groups in total. The molecule has 0 radical (unpaired) electrons. The van der Waals surface area contributed by atoms with E-state index in [2.05, 4.69) is 17.5 Å². The quantitative estimate of drug-likeness (QED) is 0.812. The number of nitrogens with one attached hydrogen (secondary N) is 1. The Morgan fingerprint density at radius 2 is 2.10 bits per heavy atom. The SMILES string of the molecule is COc1ccc(CNC(=O)CC2C=CCC2)cc1OC. The highest BCUT2D eigenvalue weighted by Crippen LogP contribution is 2.27. The van der Waals surface area contributed by atoms with Gasteiger partial charge in [0.1, 0.15) is 0 Å². The number of benzene rings is 1. The lowest BCUT2D eigenvalue weighted by Gasteiger charge is -2.11. The van der Waals surface area contributed by atoms with Crippen molar-refractivity contribution in [2.75, 3.05) is 14.2 Å². The molecule has 1 aromatic carbocycles. The van der Waals surface area contributed by atoms with E-state index in [0.717, 1.165) is 18.4 Å². The molecule has 0 aromatic heterocycles. The van der Waals surface area contributed by atoms with E-state index in [4.69, 9.17) is 9.47 Å². The lowest BCUT2D eigenvalue weighted by atomic mass is 10.1. The van der Waals surface area contributed by atoms with E-state index < -0.39 is 0 Å². The smallest absolute Gasteiger partial charge is 0.220 e. The van der Waals surface area contributed by atoms with Crippen LogP contribution in [0.3, 0.4) is 0 Å². The van der Waals surface area contributed by atoms with Crippen molar-refractivity contribution >= 4 is 5.91 Å². The summed E-state index contributed by atoms with van der Waals surface area (Å²) in [6.07, 6.45) is 7.03. The van der Waals surface area contributed by atoms with Crippen molar-refractivity contribution in [3.8, 4) is 11.5 Å². The Morgan fingerprint density at radius 1 is 1.30 bits per heavy atom. The molecule has 1 aliphatic carbocycles. The summed E-state index contributed by atoms with van der Waals surface area (Å²) >= 11 is 0. The molecule has 1 unspecified atom stereocenters. The van der Waals surface area contributed by atoms with Gasteiger partial charge in [0, 0.05) is 13.0 Å². The predicted molar refractivity (Wildman–Crippen MR) is 77.9 cm³/mol. The molecular weight excluding hydrogens is 254 g/mol. The second-order valence-corrected chi connectivity index (χ2v) is 4.94. The number of allylic oxidation sites excluding steroid dienone is 2.